The summed E-state index contributed by atoms with van der Waals surface area (Å²) in [5, 5.41) is 0. The molecule has 0 aromatic heterocycles. The van der Waals surface area contributed by atoms with Gasteiger partial charge in [0.25, 0.3) is 10.0 Å². The second kappa shape index (κ2) is 7.55. The number of halogens is 3. The van der Waals surface area contributed by atoms with Gasteiger partial charge in [-0.2, -0.15) is 13.2 Å². The van der Waals surface area contributed by atoms with Crippen LogP contribution in [-0.2, 0) is 16.2 Å². The Morgan fingerprint density at radius 1 is 0.857 bits per heavy atom. The predicted molar refractivity (Wildman–Crippen MR) is 99.9 cm³/mol. The van der Waals surface area contributed by atoms with Crippen LogP contribution in [-0.4, -0.2) is 8.42 Å². The molecule has 0 amide bonds. The minimum absolute atomic E-state index is 0.120. The van der Waals surface area contributed by atoms with E-state index in [1.54, 1.807) is 6.07 Å². The third kappa shape index (κ3) is 4.45. The minimum Gasteiger partial charge on any atom is -0.457 e. The molecular formula is C20H16F3NO3S. The molecule has 0 heterocycles. The molecule has 0 fully saturated rings. The summed E-state index contributed by atoms with van der Waals surface area (Å²) in [4.78, 5) is -0.831. The van der Waals surface area contributed by atoms with E-state index < -0.39 is 26.7 Å². The van der Waals surface area contributed by atoms with E-state index in [9.17, 15) is 21.6 Å². The fourth-order valence-corrected chi connectivity index (χ4v) is 3.82. The first-order valence-electron chi connectivity index (χ1n) is 8.19. The molecule has 0 aliphatic heterocycles. The number of hydrogen-bond donors (Lipinski definition) is 1. The molecule has 0 aliphatic rings. The van der Waals surface area contributed by atoms with E-state index in [2.05, 4.69) is 4.72 Å². The Morgan fingerprint density at radius 2 is 1.46 bits per heavy atom. The standard InChI is InChI=1S/C20H16F3NO3S/c1-14-6-2-4-8-18(14)27-16-12-10-15(11-13-16)24-28(25,26)19-9-5-3-7-17(19)20(21,22)23/h2-13,24H,1H3. The molecule has 1 N–H and O–H groups in total. The zero-order valence-electron chi connectivity index (χ0n) is 14.7. The molecule has 3 aromatic carbocycles. The first-order chi connectivity index (χ1) is 13.2. The highest BCUT2D eigenvalue weighted by molar-refractivity contribution is 7.92. The average molecular weight is 407 g/mol. The van der Waals surface area contributed by atoms with Gasteiger partial charge >= 0.3 is 6.18 Å². The maximum Gasteiger partial charge on any atom is 0.417 e. The van der Waals surface area contributed by atoms with E-state index in [-0.39, 0.29) is 5.69 Å². The number of ether oxygens (including phenoxy) is 1. The average Bonchev–Trinajstić information content (AvgIpc) is 2.64. The lowest BCUT2D eigenvalue weighted by atomic mass is 10.2. The van der Waals surface area contributed by atoms with Gasteiger partial charge in [-0.15, -0.1) is 0 Å². The fraction of sp³-hybridized carbons (Fsp3) is 0.100. The molecule has 0 unspecified atom stereocenters. The Bertz CT molecular complexity index is 1080. The van der Waals surface area contributed by atoms with Gasteiger partial charge in [0.15, 0.2) is 0 Å². The lowest BCUT2D eigenvalue weighted by molar-refractivity contribution is -0.139. The van der Waals surface area contributed by atoms with Crippen LogP contribution in [0.1, 0.15) is 11.1 Å². The van der Waals surface area contributed by atoms with Gasteiger partial charge in [-0.1, -0.05) is 30.3 Å². The molecule has 0 spiro atoms. The predicted octanol–water partition coefficient (Wildman–Crippen LogP) is 5.61. The molecule has 28 heavy (non-hydrogen) atoms. The highest BCUT2D eigenvalue weighted by Crippen LogP contribution is 2.35. The summed E-state index contributed by atoms with van der Waals surface area (Å²) in [6.07, 6.45) is -4.78. The van der Waals surface area contributed by atoms with Crippen molar-refractivity contribution in [2.24, 2.45) is 0 Å². The van der Waals surface area contributed by atoms with Crippen molar-refractivity contribution in [2.45, 2.75) is 18.0 Å². The van der Waals surface area contributed by atoms with Crippen LogP contribution >= 0.6 is 0 Å². The van der Waals surface area contributed by atoms with E-state index in [4.69, 9.17) is 4.74 Å². The monoisotopic (exact) mass is 407 g/mol. The molecule has 4 nitrogen and oxygen atoms in total. The Balaban J connectivity index is 1.82. The normalized spacial score (nSPS) is 11.9. The molecule has 0 saturated heterocycles. The first kappa shape index (κ1) is 19.8. The SMILES string of the molecule is Cc1ccccc1Oc1ccc(NS(=O)(=O)c2ccccc2C(F)(F)F)cc1. The number of para-hydroxylation sites is 1. The number of anilines is 1. The number of hydrogen-bond acceptors (Lipinski definition) is 3. The third-order valence-corrected chi connectivity index (χ3v) is 5.35. The summed E-state index contributed by atoms with van der Waals surface area (Å²) in [7, 11) is -4.42. The summed E-state index contributed by atoms with van der Waals surface area (Å²) in [6, 6.07) is 17.3. The Hall–Kier alpha value is -3.00. The molecule has 8 heteroatoms. The number of nitrogens with one attached hydrogen (secondary N) is 1. The number of sulfonamides is 1. The first-order valence-corrected chi connectivity index (χ1v) is 9.68. The molecular weight excluding hydrogens is 391 g/mol. The molecule has 0 aliphatic carbocycles. The van der Waals surface area contributed by atoms with Crippen LogP contribution in [0.3, 0.4) is 0 Å². The number of benzene rings is 3. The lowest BCUT2D eigenvalue weighted by Crippen LogP contribution is -2.18. The summed E-state index contributed by atoms with van der Waals surface area (Å²) in [6.45, 7) is 1.88. The smallest absolute Gasteiger partial charge is 0.417 e. The molecule has 0 saturated carbocycles. The fourth-order valence-electron chi connectivity index (χ4n) is 2.53. The van der Waals surface area contributed by atoms with Gasteiger partial charge < -0.3 is 4.74 Å². The minimum atomic E-state index is -4.78. The third-order valence-electron chi connectivity index (χ3n) is 3.91. The van der Waals surface area contributed by atoms with Crippen LogP contribution in [0.15, 0.2) is 77.7 Å². The van der Waals surface area contributed by atoms with Crippen LogP contribution in [0.25, 0.3) is 0 Å². The molecule has 0 radical (unpaired) electrons. The summed E-state index contributed by atoms with van der Waals surface area (Å²) in [5.41, 5.74) is -0.174. The van der Waals surface area contributed by atoms with Gasteiger partial charge in [-0.05, 0) is 55.0 Å². The van der Waals surface area contributed by atoms with Crippen molar-refractivity contribution >= 4 is 15.7 Å². The van der Waals surface area contributed by atoms with Crippen molar-refractivity contribution in [3.05, 3.63) is 83.9 Å². The molecule has 3 rings (SSSR count). The van der Waals surface area contributed by atoms with Crippen LogP contribution < -0.4 is 9.46 Å². The van der Waals surface area contributed by atoms with E-state index in [1.807, 2.05) is 25.1 Å². The zero-order chi connectivity index (χ0) is 20.4. The largest absolute Gasteiger partial charge is 0.457 e. The van der Waals surface area contributed by atoms with Crippen LogP contribution in [0.2, 0.25) is 0 Å². The Kier molecular flexibility index (Phi) is 5.33. The molecule has 3 aromatic rings. The van der Waals surface area contributed by atoms with Crippen LogP contribution in [0, 0.1) is 6.92 Å². The Morgan fingerprint density at radius 3 is 2.11 bits per heavy atom. The quantitative estimate of drug-likeness (QED) is 0.598. The van der Waals surface area contributed by atoms with Crippen LogP contribution in [0.5, 0.6) is 11.5 Å². The number of aryl methyl sites for hydroxylation is 1. The maximum atomic E-state index is 13.1. The van der Waals surface area contributed by atoms with Gasteiger partial charge in [0.05, 0.1) is 10.5 Å². The highest BCUT2D eigenvalue weighted by Gasteiger charge is 2.36. The Labute approximate surface area is 160 Å². The molecule has 0 bridgehead atoms. The van der Waals surface area contributed by atoms with Gasteiger partial charge in [-0.25, -0.2) is 8.42 Å². The second-order valence-corrected chi connectivity index (χ2v) is 7.64. The van der Waals surface area contributed by atoms with Gasteiger partial charge in [0, 0.05) is 5.69 Å². The lowest BCUT2D eigenvalue weighted by Gasteiger charge is -2.14. The van der Waals surface area contributed by atoms with E-state index in [0.717, 1.165) is 23.8 Å². The molecule has 0 atom stereocenters. The van der Waals surface area contributed by atoms with Crippen LogP contribution in [0.4, 0.5) is 18.9 Å². The van der Waals surface area contributed by atoms with Crippen molar-refractivity contribution in [2.75, 3.05) is 4.72 Å². The number of alkyl halides is 3. The van der Waals surface area contributed by atoms with Gasteiger partial charge in [0.1, 0.15) is 11.5 Å². The van der Waals surface area contributed by atoms with Gasteiger partial charge in [-0.3, -0.25) is 4.72 Å². The summed E-state index contributed by atoms with van der Waals surface area (Å²) in [5.74, 6) is 1.11. The maximum absolute atomic E-state index is 13.1. The second-order valence-electron chi connectivity index (χ2n) is 5.99. The highest BCUT2D eigenvalue weighted by atomic mass is 32.2. The molecule has 146 valence electrons. The van der Waals surface area contributed by atoms with E-state index in [0.29, 0.717) is 11.5 Å². The zero-order valence-corrected chi connectivity index (χ0v) is 15.5. The van der Waals surface area contributed by atoms with Crippen molar-refractivity contribution in [3.8, 4) is 11.5 Å². The van der Waals surface area contributed by atoms with E-state index >= 15 is 0 Å². The number of rotatable bonds is 5. The van der Waals surface area contributed by atoms with Gasteiger partial charge in [0.2, 0.25) is 0 Å². The topological polar surface area (TPSA) is 55.4 Å². The van der Waals surface area contributed by atoms with Crippen molar-refractivity contribution in [1.29, 1.82) is 0 Å². The summed E-state index contributed by atoms with van der Waals surface area (Å²) < 4.78 is 72.1. The van der Waals surface area contributed by atoms with E-state index in [1.165, 1.54) is 30.3 Å². The van der Waals surface area contributed by atoms with Crippen molar-refractivity contribution in [3.63, 3.8) is 0 Å². The van der Waals surface area contributed by atoms with Crippen molar-refractivity contribution in [1.82, 2.24) is 0 Å². The summed E-state index contributed by atoms with van der Waals surface area (Å²) >= 11 is 0. The van der Waals surface area contributed by atoms with Crippen molar-refractivity contribution < 1.29 is 26.3 Å².